The molecule has 140 valence electrons. The molecule has 27 heavy (non-hydrogen) atoms. The smallest absolute Gasteiger partial charge is 0.307 e. The summed E-state index contributed by atoms with van der Waals surface area (Å²) in [5.41, 5.74) is 0.730. The summed E-state index contributed by atoms with van der Waals surface area (Å²) in [6.07, 6.45) is 5.44. The second-order valence-electron chi connectivity index (χ2n) is 7.98. The number of hydrogen-bond donors (Lipinski definition) is 0. The number of halogens is 1. The number of rotatable bonds is 5. The number of benzene rings is 1. The zero-order chi connectivity index (χ0) is 18.7. The van der Waals surface area contributed by atoms with E-state index in [2.05, 4.69) is 12.2 Å². The molecular weight excluding hydrogens is 366 g/mol. The first-order chi connectivity index (χ1) is 13.1. The summed E-state index contributed by atoms with van der Waals surface area (Å²) in [4.78, 5) is 39.1. The second-order valence-corrected chi connectivity index (χ2v) is 8.39. The molecule has 6 atom stereocenters. The first kappa shape index (κ1) is 17.0. The topological polar surface area (TPSA) is 63.7 Å². The number of allylic oxidation sites excluding steroid dienone is 2. The summed E-state index contributed by atoms with van der Waals surface area (Å²) in [6.45, 7) is 0.184. The third-order valence-electron chi connectivity index (χ3n) is 6.64. The fourth-order valence-corrected chi connectivity index (χ4v) is 5.48. The first-order valence-electron chi connectivity index (χ1n) is 9.49. The van der Waals surface area contributed by atoms with Crippen LogP contribution in [0.15, 0.2) is 36.4 Å². The van der Waals surface area contributed by atoms with Crippen molar-refractivity contribution in [3.63, 3.8) is 0 Å². The predicted octanol–water partition coefficient (Wildman–Crippen LogP) is 2.83. The van der Waals surface area contributed by atoms with Gasteiger partial charge in [-0.3, -0.25) is 19.3 Å². The van der Waals surface area contributed by atoms with Crippen LogP contribution in [0.5, 0.6) is 0 Å². The normalized spacial score (nSPS) is 35.2. The largest absolute Gasteiger partial charge is 0.461 e. The van der Waals surface area contributed by atoms with E-state index < -0.39 is 5.97 Å². The molecule has 4 aliphatic carbocycles. The van der Waals surface area contributed by atoms with Gasteiger partial charge in [0.15, 0.2) is 0 Å². The fourth-order valence-electron chi connectivity index (χ4n) is 5.29. The molecule has 0 spiro atoms. The maximum absolute atomic E-state index is 12.8. The summed E-state index contributed by atoms with van der Waals surface area (Å²) < 4.78 is 5.25. The van der Waals surface area contributed by atoms with Crippen molar-refractivity contribution in [3.8, 4) is 0 Å². The summed E-state index contributed by atoms with van der Waals surface area (Å²) in [5.74, 6) is 0.511. The third kappa shape index (κ3) is 2.63. The Bertz CT molecular complexity index is 829. The van der Waals surface area contributed by atoms with Gasteiger partial charge in [-0.25, -0.2) is 0 Å². The molecule has 0 radical (unpaired) electrons. The van der Waals surface area contributed by atoms with E-state index in [-0.39, 0.29) is 55.1 Å². The Morgan fingerprint density at radius 1 is 1.07 bits per heavy atom. The van der Waals surface area contributed by atoms with E-state index >= 15 is 0 Å². The monoisotopic (exact) mass is 385 g/mol. The van der Waals surface area contributed by atoms with Crippen molar-refractivity contribution in [1.29, 1.82) is 0 Å². The third-order valence-corrected chi connectivity index (χ3v) is 7.01. The van der Waals surface area contributed by atoms with E-state index in [1.165, 1.54) is 4.90 Å². The average molecular weight is 386 g/mol. The van der Waals surface area contributed by atoms with E-state index in [9.17, 15) is 14.4 Å². The summed E-state index contributed by atoms with van der Waals surface area (Å²) in [5, 5.41) is 0.542. The molecule has 1 aromatic carbocycles. The molecule has 5 aliphatic rings. The lowest BCUT2D eigenvalue weighted by Crippen LogP contribution is -2.40. The van der Waals surface area contributed by atoms with Crippen LogP contribution >= 0.6 is 11.6 Å². The molecule has 0 aromatic heterocycles. The Balaban J connectivity index is 1.20. The van der Waals surface area contributed by atoms with Crippen molar-refractivity contribution in [3.05, 3.63) is 47.0 Å². The van der Waals surface area contributed by atoms with Gasteiger partial charge in [0.25, 0.3) is 0 Å². The zero-order valence-corrected chi connectivity index (χ0v) is 15.5. The molecule has 2 bridgehead atoms. The number of nitrogens with zero attached hydrogens (tertiary/aromatic N) is 1. The lowest BCUT2D eigenvalue weighted by atomic mass is 9.63. The van der Waals surface area contributed by atoms with Crippen LogP contribution in [0.2, 0.25) is 5.02 Å². The molecule has 1 saturated heterocycles. The van der Waals surface area contributed by atoms with Gasteiger partial charge >= 0.3 is 5.97 Å². The van der Waals surface area contributed by atoms with Gasteiger partial charge in [-0.2, -0.15) is 0 Å². The van der Waals surface area contributed by atoms with Crippen LogP contribution in [0, 0.1) is 35.5 Å². The Labute approximate surface area is 162 Å². The highest BCUT2D eigenvalue weighted by molar-refractivity contribution is 6.31. The van der Waals surface area contributed by atoms with Crippen molar-refractivity contribution < 1.29 is 19.1 Å². The van der Waals surface area contributed by atoms with E-state index in [4.69, 9.17) is 16.3 Å². The van der Waals surface area contributed by atoms with Crippen LogP contribution in [0.4, 0.5) is 0 Å². The molecule has 6 rings (SSSR count). The standard InChI is InChI=1S/C21H20ClNO4/c22-16-4-2-1-3-11(16)10-27-17(24)7-8-23-20(25)18-12-5-6-13(15-9-14(12)15)19(18)21(23)26/h1-6,12-15,18-19H,7-10H2/t12-,13+,14-,15-,18+,19-/m1/s1. The SMILES string of the molecule is O=C(CCN1C(=O)[C@@H]2[C@H]3C=C[C@H]([C@H]4C[C@H]34)[C@@H]2C1=O)OCc1ccccc1Cl. The van der Waals surface area contributed by atoms with E-state index in [1.54, 1.807) is 12.1 Å². The maximum atomic E-state index is 12.8. The number of imide groups is 1. The molecule has 0 unspecified atom stereocenters. The molecule has 2 saturated carbocycles. The van der Waals surface area contributed by atoms with Gasteiger partial charge in [-0.1, -0.05) is 42.0 Å². The predicted molar refractivity (Wildman–Crippen MR) is 97.3 cm³/mol. The number of ether oxygens (including phenoxy) is 1. The van der Waals surface area contributed by atoms with E-state index in [1.807, 2.05) is 12.1 Å². The van der Waals surface area contributed by atoms with Crippen LogP contribution in [0.25, 0.3) is 0 Å². The van der Waals surface area contributed by atoms with E-state index in [0.717, 1.165) is 12.0 Å². The van der Waals surface area contributed by atoms with Gasteiger partial charge in [-0.15, -0.1) is 0 Å². The highest BCUT2D eigenvalue weighted by Crippen LogP contribution is 2.65. The minimum Gasteiger partial charge on any atom is -0.461 e. The lowest BCUT2D eigenvalue weighted by molar-refractivity contribution is -0.146. The van der Waals surface area contributed by atoms with Gasteiger partial charge < -0.3 is 4.74 Å². The highest BCUT2D eigenvalue weighted by atomic mass is 35.5. The number of likely N-dealkylation sites (tertiary alicyclic amines) is 1. The lowest BCUT2D eigenvalue weighted by Gasteiger charge is -2.37. The van der Waals surface area contributed by atoms with Crippen LogP contribution in [0.1, 0.15) is 18.4 Å². The number of carbonyl (C=O) groups excluding carboxylic acids is 3. The minimum atomic E-state index is -0.436. The Morgan fingerprint density at radius 3 is 2.33 bits per heavy atom. The second kappa shape index (κ2) is 6.20. The highest BCUT2D eigenvalue weighted by Gasteiger charge is 2.66. The zero-order valence-electron chi connectivity index (χ0n) is 14.7. The molecule has 3 fully saturated rings. The van der Waals surface area contributed by atoms with Crippen LogP contribution in [-0.2, 0) is 25.7 Å². The molecule has 1 heterocycles. The number of hydrogen-bond acceptors (Lipinski definition) is 4. The van der Waals surface area contributed by atoms with Crippen LogP contribution < -0.4 is 0 Å². The number of carbonyl (C=O) groups is 3. The van der Waals surface area contributed by atoms with Gasteiger partial charge in [0.1, 0.15) is 6.61 Å². The van der Waals surface area contributed by atoms with Gasteiger partial charge in [-0.05, 0) is 36.2 Å². The van der Waals surface area contributed by atoms with Crippen molar-refractivity contribution in [1.82, 2.24) is 4.90 Å². The van der Waals surface area contributed by atoms with Crippen molar-refractivity contribution in [2.24, 2.45) is 35.5 Å². The van der Waals surface area contributed by atoms with Crippen LogP contribution in [-0.4, -0.2) is 29.2 Å². The molecule has 2 amide bonds. The molecular formula is C21H20ClNO4. The number of amides is 2. The van der Waals surface area contributed by atoms with E-state index in [0.29, 0.717) is 16.9 Å². The quantitative estimate of drug-likeness (QED) is 0.444. The molecule has 1 aliphatic heterocycles. The molecule has 0 N–H and O–H groups in total. The van der Waals surface area contributed by atoms with Crippen molar-refractivity contribution in [2.45, 2.75) is 19.4 Å². The Kier molecular flexibility index (Phi) is 3.90. The molecule has 6 heteroatoms. The van der Waals surface area contributed by atoms with Gasteiger partial charge in [0, 0.05) is 17.1 Å². The average Bonchev–Trinajstić information content (AvgIpc) is 3.45. The van der Waals surface area contributed by atoms with Crippen molar-refractivity contribution >= 4 is 29.4 Å². The minimum absolute atomic E-state index is 0.0109. The Morgan fingerprint density at radius 2 is 1.70 bits per heavy atom. The van der Waals surface area contributed by atoms with Gasteiger partial charge in [0.2, 0.25) is 11.8 Å². The maximum Gasteiger partial charge on any atom is 0.307 e. The summed E-state index contributed by atoms with van der Waals surface area (Å²) in [7, 11) is 0. The Hall–Kier alpha value is -2.14. The van der Waals surface area contributed by atoms with Crippen LogP contribution in [0.3, 0.4) is 0 Å². The molecule has 1 aromatic rings. The summed E-state index contributed by atoms with van der Waals surface area (Å²) >= 11 is 6.05. The first-order valence-corrected chi connectivity index (χ1v) is 9.86. The molecule has 5 nitrogen and oxygen atoms in total. The fraction of sp³-hybridized carbons (Fsp3) is 0.476. The van der Waals surface area contributed by atoms with Crippen molar-refractivity contribution in [2.75, 3.05) is 6.54 Å². The summed E-state index contributed by atoms with van der Waals surface area (Å²) in [6, 6.07) is 7.16. The van der Waals surface area contributed by atoms with Gasteiger partial charge in [0.05, 0.1) is 18.3 Å². The number of esters is 1.